The van der Waals surface area contributed by atoms with E-state index < -0.39 is 0 Å². The molecule has 11 aromatic carbocycles. The molecule has 13 aromatic rings. The summed E-state index contributed by atoms with van der Waals surface area (Å²) in [7, 11) is 0. The summed E-state index contributed by atoms with van der Waals surface area (Å²) >= 11 is 1.88. The molecule has 0 saturated carbocycles. The molecule has 0 N–H and O–H groups in total. The molecular formula is C66H44N2S. The molecule has 0 radical (unpaired) electrons. The first kappa shape index (κ1) is 40.5. The maximum absolute atomic E-state index is 2.38. The molecule has 13 rings (SSSR count). The van der Waals surface area contributed by atoms with E-state index >= 15 is 0 Å². The number of nitrogens with zero attached hydrogens (tertiary/aromatic N) is 2. The Morgan fingerprint density at radius 2 is 0.710 bits per heavy atom. The van der Waals surface area contributed by atoms with Crippen LogP contribution in [0.1, 0.15) is 0 Å². The molecule has 0 saturated heterocycles. The SMILES string of the molecule is c1ccc(-c2ccc(N(c3ccc(-c4ccc(-c5ccc6c7ccccc7n(-c7ccccc7)c6c5)cc4)cc3)c3ccc(-c4cccc(-c5cccc6c5sc5ccccc56)c4)cc3)cc2)cc1. The van der Waals surface area contributed by atoms with Crippen LogP contribution < -0.4 is 4.90 Å². The van der Waals surface area contributed by atoms with Crippen molar-refractivity contribution < 1.29 is 0 Å². The minimum Gasteiger partial charge on any atom is -0.311 e. The smallest absolute Gasteiger partial charge is 0.0547 e. The van der Waals surface area contributed by atoms with Gasteiger partial charge in [-0.1, -0.05) is 194 Å². The van der Waals surface area contributed by atoms with Crippen LogP contribution in [0.25, 0.3) is 103 Å². The first-order valence-electron chi connectivity index (χ1n) is 23.6. The Bertz CT molecular complexity index is 3960. The molecule has 2 nitrogen and oxygen atoms in total. The number of para-hydroxylation sites is 2. The summed E-state index contributed by atoms with van der Waals surface area (Å²) in [6.07, 6.45) is 0. The quantitative estimate of drug-likeness (QED) is 0.140. The second kappa shape index (κ2) is 17.2. The molecule has 3 heteroatoms. The Labute approximate surface area is 405 Å². The Morgan fingerprint density at radius 1 is 0.275 bits per heavy atom. The summed E-state index contributed by atoms with van der Waals surface area (Å²) in [6.45, 7) is 0. The Balaban J connectivity index is 0.815. The van der Waals surface area contributed by atoms with Crippen LogP contribution >= 0.6 is 11.3 Å². The van der Waals surface area contributed by atoms with Crippen molar-refractivity contribution in [3.8, 4) is 61.3 Å². The molecule has 0 aliphatic rings. The number of thiophene rings is 1. The Hall–Kier alpha value is -8.76. The third-order valence-corrected chi connectivity index (χ3v) is 14.9. The van der Waals surface area contributed by atoms with E-state index in [1.807, 2.05) is 11.3 Å². The summed E-state index contributed by atoms with van der Waals surface area (Å²) in [4.78, 5) is 2.36. The van der Waals surface area contributed by atoms with Gasteiger partial charge in [0, 0.05) is 53.7 Å². The summed E-state index contributed by atoms with van der Waals surface area (Å²) < 4.78 is 5.04. The maximum atomic E-state index is 2.38. The van der Waals surface area contributed by atoms with Crippen LogP contribution in [-0.4, -0.2) is 4.57 Å². The van der Waals surface area contributed by atoms with Crippen molar-refractivity contribution in [2.45, 2.75) is 0 Å². The third kappa shape index (κ3) is 7.37. The van der Waals surface area contributed by atoms with E-state index in [1.165, 1.54) is 97.6 Å². The van der Waals surface area contributed by atoms with Gasteiger partial charge in [0.25, 0.3) is 0 Å². The highest BCUT2D eigenvalue weighted by Crippen LogP contribution is 2.42. The molecule has 2 heterocycles. The number of rotatable bonds is 9. The second-order valence-electron chi connectivity index (χ2n) is 17.7. The normalized spacial score (nSPS) is 11.5. The molecule has 0 unspecified atom stereocenters. The zero-order valence-electron chi connectivity index (χ0n) is 37.7. The fourth-order valence-electron chi connectivity index (χ4n) is 10.2. The zero-order chi connectivity index (χ0) is 45.7. The zero-order valence-corrected chi connectivity index (χ0v) is 38.5. The summed E-state index contributed by atoms with van der Waals surface area (Å²) in [6, 6.07) is 97.2. The van der Waals surface area contributed by atoms with Gasteiger partial charge in [-0.15, -0.1) is 11.3 Å². The highest BCUT2D eigenvalue weighted by Gasteiger charge is 2.17. The van der Waals surface area contributed by atoms with E-state index in [9.17, 15) is 0 Å². The van der Waals surface area contributed by atoms with E-state index in [-0.39, 0.29) is 0 Å². The third-order valence-electron chi connectivity index (χ3n) is 13.6. The highest BCUT2D eigenvalue weighted by molar-refractivity contribution is 7.26. The Morgan fingerprint density at radius 3 is 1.36 bits per heavy atom. The predicted molar refractivity (Wildman–Crippen MR) is 296 cm³/mol. The molecule has 0 spiro atoms. The molecule has 0 amide bonds. The summed E-state index contributed by atoms with van der Waals surface area (Å²) in [5.74, 6) is 0. The van der Waals surface area contributed by atoms with Gasteiger partial charge in [-0.05, 0) is 128 Å². The van der Waals surface area contributed by atoms with Crippen molar-refractivity contribution >= 4 is 70.4 Å². The van der Waals surface area contributed by atoms with Gasteiger partial charge in [0.1, 0.15) is 0 Å². The first-order valence-corrected chi connectivity index (χ1v) is 24.4. The lowest BCUT2D eigenvalue weighted by molar-refractivity contribution is 1.18. The molecule has 0 fully saturated rings. The van der Waals surface area contributed by atoms with Gasteiger partial charge in [-0.25, -0.2) is 0 Å². The number of hydrogen-bond acceptors (Lipinski definition) is 2. The molecule has 0 aliphatic carbocycles. The average Bonchev–Trinajstić information content (AvgIpc) is 3.98. The van der Waals surface area contributed by atoms with Crippen molar-refractivity contribution in [3.63, 3.8) is 0 Å². The van der Waals surface area contributed by atoms with Crippen LogP contribution in [0, 0.1) is 0 Å². The standard InChI is InChI=1S/C66H44N2S/c1-3-13-45(14-4-1)47-29-36-55(37-30-47)67(57-40-33-50(34-41-57)51-15-11-16-53(43-51)58-21-12-22-62-61-20-8-10-24-65(61)69-66(58)62)56-38-31-48(32-39-56)46-25-27-49(28-26-46)52-35-42-60-59-19-7-9-23-63(59)68(64(60)44-52)54-17-5-2-6-18-54/h1-44H. The lowest BCUT2D eigenvalue weighted by Gasteiger charge is -2.26. The molecule has 2 aromatic heterocycles. The molecule has 324 valence electrons. The van der Waals surface area contributed by atoms with Crippen LogP contribution in [0.3, 0.4) is 0 Å². The fourth-order valence-corrected chi connectivity index (χ4v) is 11.4. The van der Waals surface area contributed by atoms with Gasteiger partial charge in [0.15, 0.2) is 0 Å². The van der Waals surface area contributed by atoms with Gasteiger partial charge < -0.3 is 9.47 Å². The lowest BCUT2D eigenvalue weighted by Crippen LogP contribution is -2.09. The summed E-state index contributed by atoms with van der Waals surface area (Å²) in [5, 5.41) is 5.16. The number of anilines is 3. The molecule has 69 heavy (non-hydrogen) atoms. The topological polar surface area (TPSA) is 8.17 Å². The maximum Gasteiger partial charge on any atom is 0.0547 e. The van der Waals surface area contributed by atoms with Crippen molar-refractivity contribution in [1.29, 1.82) is 0 Å². The van der Waals surface area contributed by atoms with Crippen molar-refractivity contribution in [1.82, 2.24) is 4.57 Å². The molecule has 0 bridgehead atoms. The van der Waals surface area contributed by atoms with Crippen molar-refractivity contribution in [2.24, 2.45) is 0 Å². The highest BCUT2D eigenvalue weighted by atomic mass is 32.1. The monoisotopic (exact) mass is 896 g/mol. The number of benzene rings is 11. The first-order chi connectivity index (χ1) is 34.2. The molecule has 0 atom stereocenters. The van der Waals surface area contributed by atoms with Gasteiger partial charge >= 0.3 is 0 Å². The largest absolute Gasteiger partial charge is 0.311 e. The van der Waals surface area contributed by atoms with Crippen molar-refractivity contribution in [3.05, 3.63) is 267 Å². The number of aromatic nitrogens is 1. The van der Waals surface area contributed by atoms with E-state index in [0.29, 0.717) is 0 Å². The van der Waals surface area contributed by atoms with Crippen LogP contribution in [-0.2, 0) is 0 Å². The van der Waals surface area contributed by atoms with Gasteiger partial charge in [0.2, 0.25) is 0 Å². The van der Waals surface area contributed by atoms with Crippen LogP contribution in [0.2, 0.25) is 0 Å². The minimum atomic E-state index is 1.09. The van der Waals surface area contributed by atoms with Gasteiger partial charge in [-0.2, -0.15) is 0 Å². The van der Waals surface area contributed by atoms with Crippen LogP contribution in [0.5, 0.6) is 0 Å². The fraction of sp³-hybridized carbons (Fsp3) is 0. The van der Waals surface area contributed by atoms with E-state index in [2.05, 4.69) is 276 Å². The van der Waals surface area contributed by atoms with Gasteiger partial charge in [-0.3, -0.25) is 0 Å². The average molecular weight is 897 g/mol. The molecule has 0 aliphatic heterocycles. The lowest BCUT2D eigenvalue weighted by atomic mass is 9.97. The second-order valence-corrected chi connectivity index (χ2v) is 18.8. The number of fused-ring (bicyclic) bond motifs is 6. The van der Waals surface area contributed by atoms with E-state index in [1.54, 1.807) is 0 Å². The molecular weight excluding hydrogens is 853 g/mol. The van der Waals surface area contributed by atoms with E-state index in [4.69, 9.17) is 0 Å². The minimum absolute atomic E-state index is 1.09. The van der Waals surface area contributed by atoms with E-state index in [0.717, 1.165) is 22.7 Å². The van der Waals surface area contributed by atoms with Crippen LogP contribution in [0.15, 0.2) is 267 Å². The van der Waals surface area contributed by atoms with Crippen molar-refractivity contribution in [2.75, 3.05) is 4.90 Å². The Kier molecular flexibility index (Phi) is 10.1. The van der Waals surface area contributed by atoms with Gasteiger partial charge in [0.05, 0.1) is 11.0 Å². The van der Waals surface area contributed by atoms with Crippen LogP contribution in [0.4, 0.5) is 17.1 Å². The summed E-state index contributed by atoms with van der Waals surface area (Å²) in [5.41, 5.74) is 18.9. The number of hydrogen-bond donors (Lipinski definition) is 0. The predicted octanol–water partition coefficient (Wildman–Crippen LogP) is 19.0.